The molecule has 0 aliphatic heterocycles. The third-order valence-corrected chi connectivity index (χ3v) is 5.20. The van der Waals surface area contributed by atoms with Crippen molar-refractivity contribution in [2.24, 2.45) is 0 Å². The predicted molar refractivity (Wildman–Crippen MR) is 111 cm³/mol. The summed E-state index contributed by atoms with van der Waals surface area (Å²) in [4.78, 5) is 21.0. The van der Waals surface area contributed by atoms with E-state index in [1.165, 1.54) is 30.0 Å². The monoisotopic (exact) mass is 433 g/mol. The normalized spacial score (nSPS) is 11.0. The predicted octanol–water partition coefficient (Wildman–Crippen LogP) is 4.31. The van der Waals surface area contributed by atoms with E-state index in [0.29, 0.717) is 16.4 Å². The van der Waals surface area contributed by atoms with E-state index in [1.807, 2.05) is 18.5 Å². The molecule has 0 radical (unpaired) electrons. The van der Waals surface area contributed by atoms with Gasteiger partial charge in [0.15, 0.2) is 5.16 Å². The maximum Gasteiger partial charge on any atom is 0.387 e. The third-order valence-electron chi connectivity index (χ3n) is 4.34. The van der Waals surface area contributed by atoms with E-state index in [9.17, 15) is 13.6 Å². The maximum atomic E-state index is 12.3. The maximum absolute atomic E-state index is 12.3. The molecule has 158 valence electrons. The Balaban J connectivity index is 1.62. The number of rotatable bonds is 8. The van der Waals surface area contributed by atoms with E-state index < -0.39 is 6.61 Å². The van der Waals surface area contributed by atoms with E-state index in [2.05, 4.69) is 25.1 Å². The fraction of sp³-hybridized carbons (Fsp3) is 0.300. The van der Waals surface area contributed by atoms with Crippen molar-refractivity contribution < 1.29 is 18.3 Å². The number of hydrogen-bond acceptors (Lipinski definition) is 6. The summed E-state index contributed by atoms with van der Waals surface area (Å²) in [6.45, 7) is 3.58. The molecule has 0 unspecified atom stereocenters. The molecular weight excluding hydrogens is 412 g/mol. The van der Waals surface area contributed by atoms with Crippen LogP contribution in [0.1, 0.15) is 18.2 Å². The van der Waals surface area contributed by atoms with Crippen LogP contribution in [0.4, 0.5) is 14.5 Å². The molecule has 0 spiro atoms. The zero-order chi connectivity index (χ0) is 21.7. The number of ether oxygens (including phenoxy) is 1. The molecule has 0 saturated heterocycles. The molecule has 2 heterocycles. The van der Waals surface area contributed by atoms with E-state index in [4.69, 9.17) is 0 Å². The van der Waals surface area contributed by atoms with Crippen molar-refractivity contribution in [3.63, 3.8) is 0 Å². The number of nitrogens with one attached hydrogen (secondary N) is 1. The molecule has 3 rings (SSSR count). The summed E-state index contributed by atoms with van der Waals surface area (Å²) >= 11 is 1.21. The summed E-state index contributed by atoms with van der Waals surface area (Å²) < 4.78 is 30.8. The van der Waals surface area contributed by atoms with Crippen molar-refractivity contribution in [3.05, 3.63) is 47.9 Å². The van der Waals surface area contributed by atoms with Gasteiger partial charge in [0, 0.05) is 29.7 Å². The lowest BCUT2D eigenvalue weighted by Crippen LogP contribution is -2.15. The lowest BCUT2D eigenvalue weighted by molar-refractivity contribution is -0.113. The van der Waals surface area contributed by atoms with Crippen LogP contribution >= 0.6 is 11.8 Å². The molecule has 1 N–H and O–H groups in total. The first-order valence-corrected chi connectivity index (χ1v) is 10.2. The number of thioether (sulfide) groups is 1. The molecule has 0 aliphatic rings. The summed E-state index contributed by atoms with van der Waals surface area (Å²) in [5, 5.41) is 7.56. The number of alkyl halides is 2. The average molecular weight is 433 g/mol. The van der Waals surface area contributed by atoms with Crippen molar-refractivity contribution in [2.45, 2.75) is 39.1 Å². The molecule has 3 aromatic rings. The molecule has 2 aromatic heterocycles. The first-order chi connectivity index (χ1) is 14.4. The quantitative estimate of drug-likeness (QED) is 0.421. The van der Waals surface area contributed by atoms with Crippen LogP contribution in [0, 0.1) is 13.8 Å². The Labute approximate surface area is 176 Å². The van der Waals surface area contributed by atoms with Gasteiger partial charge in [0.1, 0.15) is 5.75 Å². The zero-order valence-electron chi connectivity index (χ0n) is 16.7. The lowest BCUT2D eigenvalue weighted by atomic mass is 10.2. The van der Waals surface area contributed by atoms with E-state index in [0.717, 1.165) is 23.5 Å². The van der Waals surface area contributed by atoms with Gasteiger partial charge in [0.05, 0.1) is 17.6 Å². The summed E-state index contributed by atoms with van der Waals surface area (Å²) in [6, 6.07) is 6.16. The lowest BCUT2D eigenvalue weighted by Gasteiger charge is -2.11. The van der Waals surface area contributed by atoms with Crippen LogP contribution in [-0.2, 0) is 11.3 Å². The van der Waals surface area contributed by atoms with Crippen LogP contribution in [0.3, 0.4) is 0 Å². The Morgan fingerprint density at radius 2 is 2.10 bits per heavy atom. The van der Waals surface area contributed by atoms with E-state index >= 15 is 0 Å². The van der Waals surface area contributed by atoms with Crippen LogP contribution in [0.5, 0.6) is 5.75 Å². The number of benzene rings is 1. The smallest absolute Gasteiger partial charge is 0.387 e. The van der Waals surface area contributed by atoms with E-state index in [1.54, 1.807) is 25.4 Å². The highest BCUT2D eigenvalue weighted by Gasteiger charge is 2.12. The number of hydrogen-bond donors (Lipinski definition) is 1. The van der Waals surface area contributed by atoms with Gasteiger partial charge in [0.25, 0.3) is 0 Å². The molecule has 30 heavy (non-hydrogen) atoms. The number of amides is 1. The van der Waals surface area contributed by atoms with Crippen molar-refractivity contribution in [2.75, 3.05) is 11.1 Å². The Kier molecular flexibility index (Phi) is 6.99. The minimum atomic E-state index is -2.89. The van der Waals surface area contributed by atoms with Gasteiger partial charge in [0.2, 0.25) is 5.91 Å². The molecule has 0 saturated carbocycles. The number of halogens is 2. The standard InChI is InChI=1S/C20H21F2N5O2S/c1-4-27-13(3)15(10-24-27)17-7-8-23-20(26-17)30-11-18(28)25-16-6-5-14(9-12(16)2)29-19(21)22/h5-10,19H,4,11H2,1-3H3,(H,25,28). The number of aromatic nitrogens is 4. The Morgan fingerprint density at radius 3 is 2.77 bits per heavy atom. The number of anilines is 1. The molecular formula is C20H21F2N5O2S. The van der Waals surface area contributed by atoms with Gasteiger partial charge in [-0.05, 0) is 50.6 Å². The van der Waals surface area contributed by atoms with Crippen LogP contribution in [0.15, 0.2) is 41.8 Å². The summed E-state index contributed by atoms with van der Waals surface area (Å²) in [7, 11) is 0. The topological polar surface area (TPSA) is 81.9 Å². The molecule has 10 heteroatoms. The molecule has 0 aliphatic carbocycles. The van der Waals surface area contributed by atoms with Gasteiger partial charge in [-0.2, -0.15) is 13.9 Å². The van der Waals surface area contributed by atoms with Gasteiger partial charge in [-0.25, -0.2) is 9.97 Å². The van der Waals surface area contributed by atoms with Gasteiger partial charge < -0.3 is 10.1 Å². The zero-order valence-corrected chi connectivity index (χ0v) is 17.5. The molecule has 0 atom stereocenters. The SMILES string of the molecule is CCn1ncc(-c2ccnc(SCC(=O)Nc3ccc(OC(F)F)cc3C)n2)c1C. The Hall–Kier alpha value is -3.01. The van der Waals surface area contributed by atoms with Crippen LogP contribution < -0.4 is 10.1 Å². The van der Waals surface area contributed by atoms with Crippen molar-refractivity contribution in [1.29, 1.82) is 0 Å². The van der Waals surface area contributed by atoms with Gasteiger partial charge in [-0.1, -0.05) is 11.8 Å². The Bertz CT molecular complexity index is 1040. The van der Waals surface area contributed by atoms with Gasteiger partial charge >= 0.3 is 6.61 Å². The number of carbonyl (C=O) groups is 1. The second kappa shape index (κ2) is 9.66. The Morgan fingerprint density at radius 1 is 1.30 bits per heavy atom. The molecule has 0 bridgehead atoms. The van der Waals surface area contributed by atoms with Gasteiger partial charge in [-0.15, -0.1) is 0 Å². The van der Waals surface area contributed by atoms with Crippen LogP contribution in [-0.4, -0.2) is 38.0 Å². The number of aryl methyl sites for hydroxylation is 2. The van der Waals surface area contributed by atoms with Crippen molar-refractivity contribution in [3.8, 4) is 17.0 Å². The second-order valence-corrected chi connectivity index (χ2v) is 7.32. The van der Waals surface area contributed by atoms with E-state index in [-0.39, 0.29) is 17.4 Å². The molecule has 7 nitrogen and oxygen atoms in total. The first-order valence-electron chi connectivity index (χ1n) is 9.21. The van der Waals surface area contributed by atoms with Crippen LogP contribution in [0.2, 0.25) is 0 Å². The fourth-order valence-corrected chi connectivity index (χ4v) is 3.48. The third kappa shape index (κ3) is 5.32. The number of carbonyl (C=O) groups excluding carboxylic acids is 1. The molecule has 1 aromatic carbocycles. The highest BCUT2D eigenvalue weighted by atomic mass is 32.2. The summed E-state index contributed by atoms with van der Waals surface area (Å²) in [5.74, 6) is -0.109. The molecule has 1 amide bonds. The van der Waals surface area contributed by atoms with Crippen molar-refractivity contribution >= 4 is 23.4 Å². The fourth-order valence-electron chi connectivity index (χ4n) is 2.85. The van der Waals surface area contributed by atoms with Gasteiger partial charge in [-0.3, -0.25) is 9.48 Å². The first kappa shape index (κ1) is 21.7. The average Bonchev–Trinajstić information content (AvgIpc) is 3.09. The van der Waals surface area contributed by atoms with Crippen LogP contribution in [0.25, 0.3) is 11.3 Å². The second-order valence-electron chi connectivity index (χ2n) is 6.38. The largest absolute Gasteiger partial charge is 0.435 e. The molecule has 0 fully saturated rings. The minimum Gasteiger partial charge on any atom is -0.435 e. The number of nitrogens with zero attached hydrogens (tertiary/aromatic N) is 4. The summed E-state index contributed by atoms with van der Waals surface area (Å²) in [6.07, 6.45) is 3.42. The summed E-state index contributed by atoms with van der Waals surface area (Å²) in [5.41, 5.74) is 3.83. The highest BCUT2D eigenvalue weighted by Crippen LogP contribution is 2.25. The minimum absolute atomic E-state index is 0.0433. The van der Waals surface area contributed by atoms with Crippen molar-refractivity contribution in [1.82, 2.24) is 19.7 Å². The highest BCUT2D eigenvalue weighted by molar-refractivity contribution is 7.99.